The van der Waals surface area contributed by atoms with Crippen molar-refractivity contribution in [3.63, 3.8) is 0 Å². The van der Waals surface area contributed by atoms with Crippen LogP contribution in [0.5, 0.6) is 11.5 Å². The van der Waals surface area contributed by atoms with Crippen LogP contribution in [0.25, 0.3) is 0 Å². The molecule has 0 saturated carbocycles. The summed E-state index contributed by atoms with van der Waals surface area (Å²) in [5.41, 5.74) is 0.599. The van der Waals surface area contributed by atoms with Crippen molar-refractivity contribution in [3.05, 3.63) is 23.3 Å². The van der Waals surface area contributed by atoms with Crippen molar-refractivity contribution in [1.29, 1.82) is 0 Å². The van der Waals surface area contributed by atoms with Crippen molar-refractivity contribution in [1.82, 2.24) is 0 Å². The molecule has 0 aromatic heterocycles. The lowest BCUT2D eigenvalue weighted by Crippen LogP contribution is -2.26. The zero-order valence-electron chi connectivity index (χ0n) is 9.43. The number of rotatable bonds is 1. The molecule has 1 aromatic rings. The molecule has 0 fully saturated rings. The van der Waals surface area contributed by atoms with Crippen LogP contribution in [-0.4, -0.2) is 11.5 Å². The highest BCUT2D eigenvalue weighted by atomic mass is 35.5. The minimum atomic E-state index is -3.64. The maximum absolute atomic E-state index is 12.9. The summed E-state index contributed by atoms with van der Waals surface area (Å²) in [4.78, 5) is 11.5. The van der Waals surface area contributed by atoms with E-state index >= 15 is 0 Å². The molecule has 1 aromatic carbocycles. The van der Waals surface area contributed by atoms with Crippen molar-refractivity contribution in [2.45, 2.75) is 31.5 Å². The van der Waals surface area contributed by atoms with Crippen LogP contribution >= 0.6 is 11.6 Å². The second-order valence-electron chi connectivity index (χ2n) is 4.73. The third kappa shape index (κ3) is 1.50. The number of ether oxygens (including phenoxy) is 2. The monoisotopic (exact) mass is 274 g/mol. The van der Waals surface area contributed by atoms with E-state index in [2.05, 4.69) is 9.47 Å². The number of halogens is 3. The summed E-state index contributed by atoms with van der Waals surface area (Å²) in [5, 5.41) is -0.494. The number of hydrogen-bond donors (Lipinski definition) is 0. The number of hydrogen-bond acceptors (Lipinski definition) is 3. The zero-order chi connectivity index (χ0) is 13.1. The van der Waals surface area contributed by atoms with E-state index in [1.807, 2.05) is 0 Å². The Bertz CT molecular complexity index is 558. The van der Waals surface area contributed by atoms with Gasteiger partial charge in [0.25, 0.3) is 0 Å². The molecule has 0 saturated heterocycles. The molecule has 96 valence electrons. The van der Waals surface area contributed by atoms with Gasteiger partial charge < -0.3 is 9.47 Å². The maximum atomic E-state index is 12.9. The van der Waals surface area contributed by atoms with Crippen molar-refractivity contribution in [3.8, 4) is 11.5 Å². The lowest BCUT2D eigenvalue weighted by molar-refractivity contribution is -0.286. The number of aryl methyl sites for hydroxylation is 1. The summed E-state index contributed by atoms with van der Waals surface area (Å²) in [6.07, 6.45) is -2.48. The first-order valence-electron chi connectivity index (χ1n) is 5.45. The molecule has 1 aliphatic carbocycles. The number of carbonyl (C=O) groups is 1. The van der Waals surface area contributed by atoms with Crippen molar-refractivity contribution < 1.29 is 23.0 Å². The number of fused-ring (bicyclic) bond motifs is 2. The molecule has 0 radical (unpaired) electrons. The van der Waals surface area contributed by atoms with Crippen molar-refractivity contribution in [2.24, 2.45) is 0 Å². The van der Waals surface area contributed by atoms with Gasteiger partial charge in [-0.15, -0.1) is 8.78 Å². The quantitative estimate of drug-likeness (QED) is 0.739. The number of alkyl halides is 2. The van der Waals surface area contributed by atoms with Gasteiger partial charge in [0.1, 0.15) is 0 Å². The Morgan fingerprint density at radius 1 is 1.33 bits per heavy atom. The molecular formula is C12H9ClF2O3. The second-order valence-corrected chi connectivity index (χ2v) is 5.07. The summed E-state index contributed by atoms with van der Waals surface area (Å²) in [6, 6.07) is 2.93. The van der Waals surface area contributed by atoms with Gasteiger partial charge in [0.05, 0.1) is 5.41 Å². The molecule has 0 unspecified atom stereocenters. The predicted octanol–water partition coefficient (Wildman–Crippen LogP) is 2.98. The van der Waals surface area contributed by atoms with E-state index in [0.717, 1.165) is 5.56 Å². The SMILES string of the molecule is C[C@@]1(C(=O)Cl)CCc2cc3c(cc21)OC(F)(F)O3. The van der Waals surface area contributed by atoms with Crippen LogP contribution in [-0.2, 0) is 16.6 Å². The Hall–Kier alpha value is -1.36. The molecule has 0 bridgehead atoms. The van der Waals surface area contributed by atoms with Crippen LogP contribution in [0, 0.1) is 0 Å². The Morgan fingerprint density at radius 3 is 2.56 bits per heavy atom. The maximum Gasteiger partial charge on any atom is 0.586 e. The van der Waals surface area contributed by atoms with E-state index in [1.54, 1.807) is 6.92 Å². The normalized spacial score (nSPS) is 27.1. The fourth-order valence-electron chi connectivity index (χ4n) is 2.48. The first kappa shape index (κ1) is 11.7. The Balaban J connectivity index is 2.11. The van der Waals surface area contributed by atoms with Gasteiger partial charge in [-0.25, -0.2) is 0 Å². The minimum absolute atomic E-state index is 0.00465. The highest BCUT2D eigenvalue weighted by Gasteiger charge is 2.47. The van der Waals surface area contributed by atoms with Gasteiger partial charge in [-0.05, 0) is 54.6 Å². The summed E-state index contributed by atoms with van der Waals surface area (Å²) < 4.78 is 34.6. The highest BCUT2D eigenvalue weighted by Crippen LogP contribution is 2.49. The van der Waals surface area contributed by atoms with Crippen LogP contribution in [0.2, 0.25) is 0 Å². The van der Waals surface area contributed by atoms with Gasteiger partial charge in [0.2, 0.25) is 5.24 Å². The van der Waals surface area contributed by atoms with Gasteiger partial charge in [-0.1, -0.05) is 0 Å². The van der Waals surface area contributed by atoms with Gasteiger partial charge in [-0.2, -0.15) is 0 Å². The van der Waals surface area contributed by atoms with Crippen LogP contribution in [0.4, 0.5) is 8.78 Å². The molecule has 0 N–H and O–H groups in total. The molecule has 0 amide bonds. The third-order valence-electron chi connectivity index (χ3n) is 3.55. The van der Waals surface area contributed by atoms with E-state index in [-0.39, 0.29) is 11.5 Å². The molecule has 1 heterocycles. The molecule has 3 nitrogen and oxygen atoms in total. The zero-order valence-corrected chi connectivity index (χ0v) is 10.2. The van der Waals surface area contributed by atoms with E-state index in [1.165, 1.54) is 12.1 Å². The molecule has 0 spiro atoms. The topological polar surface area (TPSA) is 35.5 Å². The number of benzene rings is 1. The smallest absolute Gasteiger partial charge is 0.395 e. The van der Waals surface area contributed by atoms with Crippen molar-refractivity contribution >= 4 is 16.8 Å². The first-order chi connectivity index (χ1) is 8.32. The first-order valence-corrected chi connectivity index (χ1v) is 5.83. The van der Waals surface area contributed by atoms with E-state index in [0.29, 0.717) is 18.4 Å². The highest BCUT2D eigenvalue weighted by molar-refractivity contribution is 6.65. The molecule has 6 heteroatoms. The summed E-state index contributed by atoms with van der Waals surface area (Å²) in [5.74, 6) is -0.0465. The van der Waals surface area contributed by atoms with Crippen LogP contribution in [0.3, 0.4) is 0 Å². The summed E-state index contributed by atoms with van der Waals surface area (Å²) in [6.45, 7) is 1.70. The van der Waals surface area contributed by atoms with Gasteiger partial charge in [0.15, 0.2) is 11.5 Å². The molecule has 1 atom stereocenters. The van der Waals surface area contributed by atoms with Crippen molar-refractivity contribution in [2.75, 3.05) is 0 Å². The average molecular weight is 275 g/mol. The number of carbonyl (C=O) groups excluding carboxylic acids is 1. The van der Waals surface area contributed by atoms with Crippen LogP contribution in [0.1, 0.15) is 24.5 Å². The van der Waals surface area contributed by atoms with E-state index < -0.39 is 17.0 Å². The van der Waals surface area contributed by atoms with Crippen LogP contribution < -0.4 is 9.47 Å². The molecule has 18 heavy (non-hydrogen) atoms. The Labute approximate surface area is 107 Å². The lowest BCUT2D eigenvalue weighted by Gasteiger charge is -2.20. The molecule has 2 aliphatic rings. The summed E-state index contributed by atoms with van der Waals surface area (Å²) >= 11 is 5.60. The minimum Gasteiger partial charge on any atom is -0.395 e. The molecule has 1 aliphatic heterocycles. The second kappa shape index (κ2) is 3.35. The van der Waals surface area contributed by atoms with E-state index in [4.69, 9.17) is 11.6 Å². The molecule has 3 rings (SSSR count). The standard InChI is InChI=1S/C12H9ClF2O3/c1-11(10(13)16)3-2-6-4-8-9(5-7(6)11)18-12(14,15)17-8/h4-5H,2-3H2,1H3/t11-/m1/s1. The fraction of sp³-hybridized carbons (Fsp3) is 0.417. The average Bonchev–Trinajstić information content (AvgIpc) is 2.72. The third-order valence-corrected chi connectivity index (χ3v) is 3.97. The van der Waals surface area contributed by atoms with Gasteiger partial charge in [-0.3, -0.25) is 4.79 Å². The lowest BCUT2D eigenvalue weighted by atomic mass is 9.85. The molecular weight excluding hydrogens is 266 g/mol. The van der Waals surface area contributed by atoms with Crippen LogP contribution in [0.15, 0.2) is 12.1 Å². The Morgan fingerprint density at radius 2 is 1.94 bits per heavy atom. The summed E-state index contributed by atoms with van der Waals surface area (Å²) in [7, 11) is 0. The fourth-order valence-corrected chi connectivity index (χ4v) is 2.68. The largest absolute Gasteiger partial charge is 0.586 e. The van der Waals surface area contributed by atoms with Gasteiger partial charge >= 0.3 is 6.29 Å². The predicted molar refractivity (Wildman–Crippen MR) is 59.2 cm³/mol. The van der Waals surface area contributed by atoms with E-state index in [9.17, 15) is 13.6 Å². The Kier molecular flexibility index (Phi) is 2.18. The van der Waals surface area contributed by atoms with Gasteiger partial charge in [0, 0.05) is 0 Å².